The lowest BCUT2D eigenvalue weighted by molar-refractivity contribution is -0.308. The second kappa shape index (κ2) is 4.21. The minimum atomic E-state index is -2.38. The summed E-state index contributed by atoms with van der Waals surface area (Å²) in [5.41, 5.74) is 0.286. The molecule has 0 aliphatic rings. The van der Waals surface area contributed by atoms with E-state index in [1.54, 1.807) is 18.2 Å². The Bertz CT molecular complexity index is 305. The van der Waals surface area contributed by atoms with Gasteiger partial charge in [-0.15, -0.1) is 0 Å². The van der Waals surface area contributed by atoms with Gasteiger partial charge in [0.1, 0.15) is 0 Å². The lowest BCUT2D eigenvalue weighted by Crippen LogP contribution is -2.33. The highest BCUT2D eigenvalue weighted by Crippen LogP contribution is 2.11. The van der Waals surface area contributed by atoms with Crippen molar-refractivity contribution in [1.82, 2.24) is 0 Å². The molecule has 4 nitrogen and oxygen atoms in total. The van der Waals surface area contributed by atoms with Gasteiger partial charge >= 0.3 is 11.9 Å². The number of aliphatic hydroxyl groups is 2. The fourth-order valence-electron chi connectivity index (χ4n) is 0.854. The van der Waals surface area contributed by atoms with Gasteiger partial charge in [0.05, 0.1) is 5.56 Å². The second-order valence-corrected chi connectivity index (χ2v) is 2.85. The van der Waals surface area contributed by atoms with E-state index in [1.807, 2.05) is 0 Å². The van der Waals surface area contributed by atoms with Gasteiger partial charge in [-0.2, -0.15) is 0 Å². The van der Waals surface area contributed by atoms with Crippen LogP contribution < -0.4 is 0 Å². The predicted molar refractivity (Wildman–Crippen MR) is 49.3 cm³/mol. The third-order valence-electron chi connectivity index (χ3n) is 1.73. The molecule has 1 aromatic rings. The number of hydrogen-bond acceptors (Lipinski definition) is 4. The SMILES string of the molecule is CCC(O)(O)OC(=O)c1ccccc1. The zero-order valence-corrected chi connectivity index (χ0v) is 7.80. The molecule has 2 N–H and O–H groups in total. The molecule has 4 heteroatoms. The van der Waals surface area contributed by atoms with Crippen molar-refractivity contribution in [2.75, 3.05) is 0 Å². The van der Waals surface area contributed by atoms with Crippen LogP contribution in [0.4, 0.5) is 0 Å². The smallest absolute Gasteiger partial charge is 0.342 e. The van der Waals surface area contributed by atoms with Gasteiger partial charge in [0.25, 0.3) is 0 Å². The number of carbonyl (C=O) groups is 1. The van der Waals surface area contributed by atoms with Crippen molar-refractivity contribution in [2.45, 2.75) is 19.3 Å². The van der Waals surface area contributed by atoms with E-state index >= 15 is 0 Å². The summed E-state index contributed by atoms with van der Waals surface area (Å²) in [5, 5.41) is 18.1. The number of ether oxygens (including phenoxy) is 1. The van der Waals surface area contributed by atoms with Gasteiger partial charge in [-0.05, 0) is 12.1 Å². The molecule has 0 fully saturated rings. The van der Waals surface area contributed by atoms with Crippen LogP contribution in [-0.2, 0) is 4.74 Å². The quantitative estimate of drug-likeness (QED) is 0.556. The van der Waals surface area contributed by atoms with Crippen LogP contribution in [0.15, 0.2) is 30.3 Å². The Kier molecular flexibility index (Phi) is 3.22. The molecule has 0 amide bonds. The zero-order chi connectivity index (χ0) is 10.6. The van der Waals surface area contributed by atoms with Crippen molar-refractivity contribution in [3.63, 3.8) is 0 Å². The third kappa shape index (κ3) is 2.83. The van der Waals surface area contributed by atoms with Crippen molar-refractivity contribution in [3.8, 4) is 0 Å². The maximum absolute atomic E-state index is 11.3. The molecular weight excluding hydrogens is 184 g/mol. The van der Waals surface area contributed by atoms with Crippen molar-refractivity contribution in [2.24, 2.45) is 0 Å². The summed E-state index contributed by atoms with van der Waals surface area (Å²) in [7, 11) is 0. The molecule has 0 spiro atoms. The highest BCUT2D eigenvalue weighted by molar-refractivity contribution is 5.89. The average Bonchev–Trinajstić information content (AvgIpc) is 2.19. The lowest BCUT2D eigenvalue weighted by atomic mass is 10.2. The number of esters is 1. The van der Waals surface area contributed by atoms with Gasteiger partial charge < -0.3 is 14.9 Å². The van der Waals surface area contributed by atoms with Gasteiger partial charge in [0.15, 0.2) is 0 Å². The highest BCUT2D eigenvalue weighted by Gasteiger charge is 2.26. The maximum atomic E-state index is 11.3. The van der Waals surface area contributed by atoms with Crippen molar-refractivity contribution in [1.29, 1.82) is 0 Å². The van der Waals surface area contributed by atoms with E-state index in [-0.39, 0.29) is 12.0 Å². The molecule has 0 aliphatic carbocycles. The van der Waals surface area contributed by atoms with Crippen LogP contribution in [0.1, 0.15) is 23.7 Å². The van der Waals surface area contributed by atoms with E-state index in [0.717, 1.165) is 0 Å². The Hall–Kier alpha value is -1.39. The van der Waals surface area contributed by atoms with E-state index in [2.05, 4.69) is 4.74 Å². The summed E-state index contributed by atoms with van der Waals surface area (Å²) in [4.78, 5) is 11.3. The first-order chi connectivity index (χ1) is 6.55. The molecule has 0 bridgehead atoms. The van der Waals surface area contributed by atoms with Crippen LogP contribution in [0.3, 0.4) is 0 Å². The first kappa shape index (κ1) is 10.7. The van der Waals surface area contributed by atoms with E-state index in [4.69, 9.17) is 10.2 Å². The second-order valence-electron chi connectivity index (χ2n) is 2.85. The van der Waals surface area contributed by atoms with Gasteiger partial charge in [-0.3, -0.25) is 0 Å². The Labute approximate surface area is 81.8 Å². The van der Waals surface area contributed by atoms with Gasteiger partial charge in [-0.25, -0.2) is 4.79 Å². The van der Waals surface area contributed by atoms with E-state index in [0.29, 0.717) is 0 Å². The molecule has 1 rings (SSSR count). The van der Waals surface area contributed by atoms with Gasteiger partial charge in [0.2, 0.25) is 0 Å². The summed E-state index contributed by atoms with van der Waals surface area (Å²) in [6.07, 6.45) is -0.0778. The minimum Gasteiger partial charge on any atom is -0.404 e. The number of hydrogen-bond donors (Lipinski definition) is 2. The lowest BCUT2D eigenvalue weighted by Gasteiger charge is -2.19. The van der Waals surface area contributed by atoms with E-state index in [9.17, 15) is 4.79 Å². The van der Waals surface area contributed by atoms with Crippen molar-refractivity contribution < 1.29 is 19.7 Å². The largest absolute Gasteiger partial charge is 0.404 e. The van der Waals surface area contributed by atoms with Crippen LogP contribution in [0, 0.1) is 0 Å². The highest BCUT2D eigenvalue weighted by atomic mass is 16.8. The average molecular weight is 196 g/mol. The Balaban J connectivity index is 2.69. The van der Waals surface area contributed by atoms with Crippen LogP contribution in [0.5, 0.6) is 0 Å². The summed E-state index contributed by atoms with van der Waals surface area (Å²) in [6.45, 7) is 1.50. The topological polar surface area (TPSA) is 66.8 Å². The Morgan fingerprint density at radius 2 is 1.93 bits per heavy atom. The fourth-order valence-corrected chi connectivity index (χ4v) is 0.854. The molecule has 0 radical (unpaired) electrons. The molecule has 1 aromatic carbocycles. The van der Waals surface area contributed by atoms with E-state index < -0.39 is 11.9 Å². The molecule has 0 aliphatic heterocycles. The van der Waals surface area contributed by atoms with Crippen LogP contribution in [0.25, 0.3) is 0 Å². The standard InChI is InChI=1S/C10H12O4/c1-2-10(12,13)14-9(11)8-6-4-3-5-7-8/h3-7,12-13H,2H2,1H3. The summed E-state index contributed by atoms with van der Waals surface area (Å²) < 4.78 is 4.45. The first-order valence-corrected chi connectivity index (χ1v) is 4.28. The first-order valence-electron chi connectivity index (χ1n) is 4.28. The van der Waals surface area contributed by atoms with Crippen LogP contribution in [-0.4, -0.2) is 22.2 Å². The normalized spacial score (nSPS) is 11.1. The van der Waals surface area contributed by atoms with E-state index in [1.165, 1.54) is 19.1 Å². The molecule has 0 saturated carbocycles. The Morgan fingerprint density at radius 3 is 2.43 bits per heavy atom. The Morgan fingerprint density at radius 1 is 1.36 bits per heavy atom. The van der Waals surface area contributed by atoms with Crippen molar-refractivity contribution >= 4 is 5.97 Å². The molecule has 0 saturated heterocycles. The molecule has 76 valence electrons. The predicted octanol–water partition coefficient (Wildman–Crippen LogP) is 0.892. The molecular formula is C10H12O4. The summed E-state index contributed by atoms with van der Waals surface area (Å²) in [6, 6.07) is 8.15. The third-order valence-corrected chi connectivity index (χ3v) is 1.73. The number of carbonyl (C=O) groups excluding carboxylic acids is 1. The van der Waals surface area contributed by atoms with Gasteiger partial charge in [-0.1, -0.05) is 25.1 Å². The monoisotopic (exact) mass is 196 g/mol. The molecule has 0 heterocycles. The van der Waals surface area contributed by atoms with Gasteiger partial charge in [0, 0.05) is 6.42 Å². The van der Waals surface area contributed by atoms with Crippen LogP contribution >= 0.6 is 0 Å². The van der Waals surface area contributed by atoms with Crippen molar-refractivity contribution in [3.05, 3.63) is 35.9 Å². The number of benzene rings is 1. The zero-order valence-electron chi connectivity index (χ0n) is 7.80. The minimum absolute atomic E-state index is 0.0778. The molecule has 0 aromatic heterocycles. The number of rotatable bonds is 3. The molecule has 14 heavy (non-hydrogen) atoms. The van der Waals surface area contributed by atoms with Crippen LogP contribution in [0.2, 0.25) is 0 Å². The molecule has 0 atom stereocenters. The maximum Gasteiger partial charge on any atom is 0.342 e. The summed E-state index contributed by atoms with van der Waals surface area (Å²) >= 11 is 0. The summed E-state index contributed by atoms with van der Waals surface area (Å²) in [5.74, 6) is -3.13. The molecule has 0 unspecified atom stereocenters. The fraction of sp³-hybridized carbons (Fsp3) is 0.300.